The zero-order valence-corrected chi connectivity index (χ0v) is 12.3. The molecule has 2 aromatic carbocycles. The highest BCUT2D eigenvalue weighted by molar-refractivity contribution is 14.1. The van der Waals surface area contributed by atoms with Gasteiger partial charge in [-0.2, -0.15) is 0 Å². The van der Waals surface area contributed by atoms with Gasteiger partial charge in [0.05, 0.1) is 14.6 Å². The van der Waals surface area contributed by atoms with E-state index in [2.05, 4.69) is 4.98 Å². The average molecular weight is 367 g/mol. The zero-order chi connectivity index (χ0) is 13.6. The first-order valence-corrected chi connectivity index (χ1v) is 6.84. The molecule has 96 valence electrons. The number of nitrogens with zero attached hydrogens (tertiary/aromatic N) is 2. The van der Waals surface area contributed by atoms with Gasteiger partial charge in [0.2, 0.25) is 5.95 Å². The fourth-order valence-electron chi connectivity index (χ4n) is 2.06. The van der Waals surface area contributed by atoms with Crippen molar-refractivity contribution < 1.29 is 4.39 Å². The molecule has 0 amide bonds. The van der Waals surface area contributed by atoms with E-state index in [0.29, 0.717) is 20.6 Å². The smallest absolute Gasteiger partial charge is 0.205 e. The van der Waals surface area contributed by atoms with Crippen molar-refractivity contribution in [2.45, 2.75) is 6.92 Å². The summed E-state index contributed by atoms with van der Waals surface area (Å²) in [6, 6.07) is 11.0. The highest BCUT2D eigenvalue weighted by Gasteiger charge is 2.12. The number of benzene rings is 2. The molecule has 0 bridgehead atoms. The Balaban J connectivity index is 2.31. The molecule has 0 unspecified atom stereocenters. The van der Waals surface area contributed by atoms with E-state index >= 15 is 0 Å². The van der Waals surface area contributed by atoms with Gasteiger partial charge in [-0.25, -0.2) is 9.37 Å². The fraction of sp³-hybridized carbons (Fsp3) is 0.0714. The largest absolute Gasteiger partial charge is 0.369 e. The molecule has 0 aliphatic heterocycles. The second-order valence-corrected chi connectivity index (χ2v) is 5.56. The molecule has 3 aromatic rings. The summed E-state index contributed by atoms with van der Waals surface area (Å²) < 4.78 is 16.0. The molecule has 1 heterocycles. The summed E-state index contributed by atoms with van der Waals surface area (Å²) in [5.41, 5.74) is 9.37. The van der Waals surface area contributed by atoms with Crippen LogP contribution in [0.5, 0.6) is 0 Å². The van der Waals surface area contributed by atoms with E-state index in [1.165, 1.54) is 6.07 Å². The monoisotopic (exact) mass is 367 g/mol. The Hall–Kier alpha value is -1.63. The first-order valence-electron chi connectivity index (χ1n) is 5.76. The number of fused-ring (bicyclic) bond motifs is 1. The second-order valence-electron chi connectivity index (χ2n) is 4.40. The topological polar surface area (TPSA) is 43.8 Å². The minimum absolute atomic E-state index is 0.263. The molecule has 0 saturated heterocycles. The molecule has 0 radical (unpaired) electrons. The lowest BCUT2D eigenvalue weighted by Crippen LogP contribution is -2.00. The first kappa shape index (κ1) is 12.4. The zero-order valence-electron chi connectivity index (χ0n) is 10.2. The van der Waals surface area contributed by atoms with Crippen molar-refractivity contribution in [3.05, 3.63) is 51.3 Å². The molecule has 3 rings (SSSR count). The van der Waals surface area contributed by atoms with Crippen LogP contribution in [0.1, 0.15) is 5.56 Å². The van der Waals surface area contributed by atoms with Crippen molar-refractivity contribution in [2.24, 2.45) is 0 Å². The van der Waals surface area contributed by atoms with Crippen molar-refractivity contribution in [3.8, 4) is 5.69 Å². The third kappa shape index (κ3) is 2.07. The Bertz CT molecular complexity index is 762. The molecule has 3 nitrogen and oxygen atoms in total. The van der Waals surface area contributed by atoms with Crippen LogP contribution in [0.4, 0.5) is 10.3 Å². The van der Waals surface area contributed by atoms with E-state index in [4.69, 9.17) is 5.73 Å². The van der Waals surface area contributed by atoms with Crippen molar-refractivity contribution in [1.29, 1.82) is 0 Å². The Kier molecular flexibility index (Phi) is 2.93. The van der Waals surface area contributed by atoms with Gasteiger partial charge in [0.15, 0.2) is 0 Å². The van der Waals surface area contributed by atoms with Gasteiger partial charge >= 0.3 is 0 Å². The second kappa shape index (κ2) is 4.48. The maximum atomic E-state index is 13.7. The molecule has 0 fully saturated rings. The number of hydrogen-bond acceptors (Lipinski definition) is 2. The SMILES string of the molecule is Cc1ccc(-n2c(N)nc3cc(I)c(F)cc32)cc1. The summed E-state index contributed by atoms with van der Waals surface area (Å²) in [6.45, 7) is 2.02. The molecule has 19 heavy (non-hydrogen) atoms. The standard InChI is InChI=1S/C14H11FIN3/c1-8-2-4-9(5-3-8)19-13-6-10(15)11(16)7-12(13)18-14(19)17/h2-7H,1H3,(H2,17,18). The van der Waals surface area contributed by atoms with Crippen molar-refractivity contribution in [1.82, 2.24) is 9.55 Å². The number of aromatic nitrogens is 2. The summed E-state index contributed by atoms with van der Waals surface area (Å²) >= 11 is 1.95. The maximum absolute atomic E-state index is 13.7. The number of hydrogen-bond donors (Lipinski definition) is 1. The van der Waals surface area contributed by atoms with Crippen LogP contribution in [0, 0.1) is 16.3 Å². The lowest BCUT2D eigenvalue weighted by molar-refractivity contribution is 0.622. The molecule has 0 aliphatic carbocycles. The summed E-state index contributed by atoms with van der Waals surface area (Å²) in [5.74, 6) is 0.0987. The number of aryl methyl sites for hydroxylation is 1. The summed E-state index contributed by atoms with van der Waals surface area (Å²) in [5, 5.41) is 0. The van der Waals surface area contributed by atoms with Crippen LogP contribution in [0.15, 0.2) is 36.4 Å². The van der Waals surface area contributed by atoms with Crippen molar-refractivity contribution >= 4 is 39.6 Å². The number of imidazole rings is 1. The molecular formula is C14H11FIN3. The first-order chi connectivity index (χ1) is 9.06. The molecule has 0 aliphatic rings. The molecule has 0 spiro atoms. The van der Waals surface area contributed by atoms with Crippen molar-refractivity contribution in [2.75, 3.05) is 5.73 Å². The molecule has 1 aromatic heterocycles. The molecule has 2 N–H and O–H groups in total. The quantitative estimate of drug-likeness (QED) is 0.668. The lowest BCUT2D eigenvalue weighted by atomic mass is 10.2. The van der Waals surface area contributed by atoms with Crippen molar-refractivity contribution in [3.63, 3.8) is 0 Å². The maximum Gasteiger partial charge on any atom is 0.205 e. The van der Waals surface area contributed by atoms with Crippen LogP contribution >= 0.6 is 22.6 Å². The lowest BCUT2D eigenvalue weighted by Gasteiger charge is -2.07. The van der Waals surface area contributed by atoms with Gasteiger partial charge in [-0.1, -0.05) is 17.7 Å². The van der Waals surface area contributed by atoms with Gasteiger partial charge in [-0.15, -0.1) is 0 Å². The van der Waals surface area contributed by atoms with Crippen LogP contribution in [0.25, 0.3) is 16.7 Å². The molecule has 5 heteroatoms. The molecule has 0 saturated carbocycles. The van der Waals surface area contributed by atoms with E-state index in [1.807, 2.05) is 53.8 Å². The third-order valence-corrected chi connectivity index (χ3v) is 3.84. The third-order valence-electron chi connectivity index (χ3n) is 3.01. The van der Waals surface area contributed by atoms with Crippen LogP contribution in [0.2, 0.25) is 0 Å². The highest BCUT2D eigenvalue weighted by atomic mass is 127. The Morgan fingerprint density at radius 3 is 2.58 bits per heavy atom. The van der Waals surface area contributed by atoms with Crippen LogP contribution in [-0.4, -0.2) is 9.55 Å². The number of halogens is 2. The van der Waals surface area contributed by atoms with Crippen LogP contribution in [-0.2, 0) is 0 Å². The number of nitrogens with two attached hydrogens (primary N) is 1. The van der Waals surface area contributed by atoms with Gasteiger partial charge in [0.1, 0.15) is 5.82 Å². The predicted octanol–water partition coefficient (Wildman–Crippen LogP) is 3.66. The highest BCUT2D eigenvalue weighted by Crippen LogP contribution is 2.26. The summed E-state index contributed by atoms with van der Waals surface area (Å²) in [7, 11) is 0. The number of nitrogen functional groups attached to an aromatic ring is 1. The summed E-state index contributed by atoms with van der Waals surface area (Å²) in [4.78, 5) is 4.28. The van der Waals surface area contributed by atoms with Gasteiger partial charge in [0.25, 0.3) is 0 Å². The molecule has 0 atom stereocenters. The Morgan fingerprint density at radius 2 is 1.89 bits per heavy atom. The average Bonchev–Trinajstić information content (AvgIpc) is 2.67. The van der Waals surface area contributed by atoms with Gasteiger partial charge < -0.3 is 5.73 Å². The Labute approximate surface area is 123 Å². The van der Waals surface area contributed by atoms with Gasteiger partial charge in [0, 0.05) is 11.8 Å². The predicted molar refractivity (Wildman–Crippen MR) is 82.9 cm³/mol. The minimum atomic E-state index is -0.263. The van der Waals surface area contributed by atoms with Gasteiger partial charge in [-0.3, -0.25) is 4.57 Å². The van der Waals surface area contributed by atoms with E-state index in [1.54, 1.807) is 10.6 Å². The number of rotatable bonds is 1. The fourth-order valence-corrected chi connectivity index (χ4v) is 2.51. The number of anilines is 1. The van der Waals surface area contributed by atoms with Crippen LogP contribution < -0.4 is 5.73 Å². The Morgan fingerprint density at radius 1 is 1.21 bits per heavy atom. The van der Waals surface area contributed by atoms with Crippen LogP contribution in [0.3, 0.4) is 0 Å². The van der Waals surface area contributed by atoms with E-state index in [-0.39, 0.29) is 5.82 Å². The van der Waals surface area contributed by atoms with Gasteiger partial charge in [-0.05, 0) is 47.7 Å². The van der Waals surface area contributed by atoms with E-state index in [0.717, 1.165) is 11.3 Å². The normalized spacial score (nSPS) is 11.1. The summed E-state index contributed by atoms with van der Waals surface area (Å²) in [6.07, 6.45) is 0. The van der Waals surface area contributed by atoms with E-state index in [9.17, 15) is 4.39 Å². The minimum Gasteiger partial charge on any atom is -0.369 e. The van der Waals surface area contributed by atoms with E-state index < -0.39 is 0 Å². The molecular weight excluding hydrogens is 356 g/mol.